The smallest absolute Gasteiger partial charge is 0.115 e. The summed E-state index contributed by atoms with van der Waals surface area (Å²) >= 11 is 0. The van der Waals surface area contributed by atoms with Crippen LogP contribution in [0.3, 0.4) is 0 Å². The van der Waals surface area contributed by atoms with Gasteiger partial charge in [-0.05, 0) is 68.2 Å². The first-order chi connectivity index (χ1) is 10.8. The van der Waals surface area contributed by atoms with E-state index in [0.29, 0.717) is 11.2 Å². The Balaban J connectivity index is 1.55. The third-order valence-corrected chi connectivity index (χ3v) is 6.72. The maximum absolute atomic E-state index is 9.93. The molecular weight excluding hydrogens is 270 g/mol. The van der Waals surface area contributed by atoms with Crippen molar-refractivity contribution in [1.29, 1.82) is 0 Å². The number of hydrogen-bond acceptors (Lipinski definition) is 2. The van der Waals surface area contributed by atoms with Crippen molar-refractivity contribution in [2.24, 2.45) is 11.8 Å². The van der Waals surface area contributed by atoms with E-state index in [4.69, 9.17) is 0 Å². The van der Waals surface area contributed by atoms with Gasteiger partial charge in [0.15, 0.2) is 0 Å². The molecule has 120 valence electrons. The summed E-state index contributed by atoms with van der Waals surface area (Å²) in [6.45, 7) is 3.88. The Morgan fingerprint density at radius 1 is 1.09 bits per heavy atom. The molecule has 1 aromatic rings. The summed E-state index contributed by atoms with van der Waals surface area (Å²) < 4.78 is 0. The number of fused-ring (bicyclic) bond motifs is 1. The molecule has 4 rings (SSSR count). The van der Waals surface area contributed by atoms with Crippen LogP contribution in [-0.2, 0) is 5.41 Å². The summed E-state index contributed by atoms with van der Waals surface area (Å²) in [4.78, 5) is 2.75. The molecule has 2 heteroatoms. The van der Waals surface area contributed by atoms with E-state index in [1.165, 1.54) is 76.6 Å². The zero-order chi connectivity index (χ0) is 15.0. The molecule has 1 N–H and O–H groups in total. The molecule has 3 aliphatic rings. The van der Waals surface area contributed by atoms with Crippen LogP contribution in [0.25, 0.3) is 0 Å². The van der Waals surface area contributed by atoms with Crippen molar-refractivity contribution in [3.05, 3.63) is 29.8 Å². The third kappa shape index (κ3) is 2.56. The zero-order valence-corrected chi connectivity index (χ0v) is 13.6. The highest BCUT2D eigenvalue weighted by molar-refractivity contribution is 5.35. The van der Waals surface area contributed by atoms with Gasteiger partial charge in [-0.1, -0.05) is 31.4 Å². The molecule has 2 aliphatic carbocycles. The van der Waals surface area contributed by atoms with E-state index in [1.54, 1.807) is 0 Å². The Kier molecular flexibility index (Phi) is 3.89. The Morgan fingerprint density at radius 3 is 2.77 bits per heavy atom. The first kappa shape index (κ1) is 14.6. The molecule has 0 spiro atoms. The number of phenols is 1. The van der Waals surface area contributed by atoms with Crippen LogP contribution in [0.15, 0.2) is 24.3 Å². The lowest BCUT2D eigenvalue weighted by Crippen LogP contribution is -2.52. The third-order valence-electron chi connectivity index (χ3n) is 6.72. The van der Waals surface area contributed by atoms with Crippen LogP contribution in [0.4, 0.5) is 0 Å². The van der Waals surface area contributed by atoms with E-state index >= 15 is 0 Å². The molecule has 1 aliphatic heterocycles. The van der Waals surface area contributed by atoms with Crippen molar-refractivity contribution in [3.63, 3.8) is 0 Å². The second kappa shape index (κ2) is 5.88. The lowest BCUT2D eigenvalue weighted by Gasteiger charge is -2.52. The van der Waals surface area contributed by atoms with Gasteiger partial charge in [0.05, 0.1) is 0 Å². The van der Waals surface area contributed by atoms with Gasteiger partial charge in [-0.2, -0.15) is 0 Å². The maximum Gasteiger partial charge on any atom is 0.115 e. The minimum atomic E-state index is 0.340. The van der Waals surface area contributed by atoms with E-state index in [0.717, 1.165) is 11.8 Å². The summed E-state index contributed by atoms with van der Waals surface area (Å²) in [5.41, 5.74) is 1.74. The summed E-state index contributed by atoms with van der Waals surface area (Å²) in [6.07, 6.45) is 11.1. The summed E-state index contributed by atoms with van der Waals surface area (Å²) in [7, 11) is 0. The van der Waals surface area contributed by atoms with Gasteiger partial charge in [0.1, 0.15) is 5.75 Å². The predicted molar refractivity (Wildman–Crippen MR) is 90.1 cm³/mol. The fourth-order valence-electron chi connectivity index (χ4n) is 5.21. The Hall–Kier alpha value is -1.02. The van der Waals surface area contributed by atoms with Crippen molar-refractivity contribution in [2.75, 3.05) is 19.6 Å². The van der Waals surface area contributed by atoms with Crippen molar-refractivity contribution in [1.82, 2.24) is 4.90 Å². The van der Waals surface area contributed by atoms with Crippen molar-refractivity contribution in [3.8, 4) is 5.75 Å². The predicted octanol–water partition coefficient (Wildman–Crippen LogP) is 4.33. The largest absolute Gasteiger partial charge is 0.508 e. The standard InChI is InChI=1S/C20H29NO/c22-19-9-4-8-17(13-19)20-10-2-1-7-18(20)15-21(12-11-20)14-16-5-3-6-16/h4,8-9,13,16,18,22H,1-3,5-7,10-12,14-15H2/t18-,20?/m0/s1. The van der Waals surface area contributed by atoms with Crippen LogP contribution in [0.1, 0.15) is 56.9 Å². The van der Waals surface area contributed by atoms with Crippen LogP contribution in [0.5, 0.6) is 5.75 Å². The fraction of sp³-hybridized carbons (Fsp3) is 0.700. The minimum absolute atomic E-state index is 0.340. The molecule has 0 amide bonds. The van der Waals surface area contributed by atoms with E-state index in [1.807, 2.05) is 18.2 Å². The average molecular weight is 299 g/mol. The topological polar surface area (TPSA) is 23.5 Å². The second-order valence-electron chi connectivity index (χ2n) is 7.96. The summed E-state index contributed by atoms with van der Waals surface area (Å²) in [5, 5.41) is 9.93. The first-order valence-corrected chi connectivity index (χ1v) is 9.28. The lowest BCUT2D eigenvalue weighted by molar-refractivity contribution is 0.0393. The molecule has 1 unspecified atom stereocenters. The van der Waals surface area contributed by atoms with Crippen molar-refractivity contribution in [2.45, 2.75) is 56.8 Å². The van der Waals surface area contributed by atoms with Gasteiger partial charge in [-0.15, -0.1) is 0 Å². The Labute approximate surface area is 134 Å². The van der Waals surface area contributed by atoms with Crippen molar-refractivity contribution >= 4 is 0 Å². The molecule has 1 saturated heterocycles. The number of benzene rings is 1. The molecule has 1 heterocycles. The molecular formula is C20H29NO. The highest BCUT2D eigenvalue weighted by Gasteiger charge is 2.45. The zero-order valence-electron chi connectivity index (χ0n) is 13.6. The molecule has 0 radical (unpaired) electrons. The lowest BCUT2D eigenvalue weighted by atomic mass is 9.59. The van der Waals surface area contributed by atoms with Crippen LogP contribution in [-0.4, -0.2) is 29.6 Å². The maximum atomic E-state index is 9.93. The van der Waals surface area contributed by atoms with Gasteiger partial charge in [-0.25, -0.2) is 0 Å². The number of piperidine rings is 1. The number of likely N-dealkylation sites (tertiary alicyclic amines) is 1. The number of nitrogens with zero attached hydrogens (tertiary/aromatic N) is 1. The quantitative estimate of drug-likeness (QED) is 0.898. The number of rotatable bonds is 3. The van der Waals surface area contributed by atoms with Crippen molar-refractivity contribution < 1.29 is 5.11 Å². The number of hydrogen-bond donors (Lipinski definition) is 1. The minimum Gasteiger partial charge on any atom is -0.508 e. The average Bonchev–Trinajstić information content (AvgIpc) is 2.51. The van der Waals surface area contributed by atoms with Gasteiger partial charge in [0.2, 0.25) is 0 Å². The second-order valence-corrected chi connectivity index (χ2v) is 7.96. The van der Waals surface area contributed by atoms with E-state index in [-0.39, 0.29) is 0 Å². The molecule has 22 heavy (non-hydrogen) atoms. The highest BCUT2D eigenvalue weighted by atomic mass is 16.3. The molecule has 2 atom stereocenters. The summed E-state index contributed by atoms with van der Waals surface area (Å²) in [6, 6.07) is 8.15. The van der Waals surface area contributed by atoms with Crippen LogP contribution >= 0.6 is 0 Å². The van der Waals surface area contributed by atoms with Gasteiger partial charge in [-0.3, -0.25) is 0 Å². The molecule has 0 bridgehead atoms. The fourth-order valence-corrected chi connectivity index (χ4v) is 5.21. The highest BCUT2D eigenvalue weighted by Crippen LogP contribution is 2.49. The normalized spacial score (nSPS) is 33.2. The number of phenolic OH excluding ortho intramolecular Hbond substituents is 1. The van der Waals surface area contributed by atoms with Gasteiger partial charge < -0.3 is 10.0 Å². The Bertz CT molecular complexity index is 524. The monoisotopic (exact) mass is 299 g/mol. The molecule has 2 saturated carbocycles. The molecule has 0 aromatic heterocycles. The van der Waals surface area contributed by atoms with E-state index < -0.39 is 0 Å². The molecule has 2 nitrogen and oxygen atoms in total. The summed E-state index contributed by atoms with van der Waals surface area (Å²) in [5.74, 6) is 2.21. The van der Waals surface area contributed by atoms with Crippen LogP contribution in [0.2, 0.25) is 0 Å². The van der Waals surface area contributed by atoms with E-state index in [9.17, 15) is 5.11 Å². The first-order valence-electron chi connectivity index (χ1n) is 9.28. The SMILES string of the molecule is Oc1cccc(C23CCCC[C@H]2CN(CC2CCC2)CC3)c1. The molecule has 1 aromatic carbocycles. The Morgan fingerprint density at radius 2 is 2.00 bits per heavy atom. The van der Waals surface area contributed by atoms with Gasteiger partial charge in [0, 0.05) is 18.5 Å². The van der Waals surface area contributed by atoms with Gasteiger partial charge >= 0.3 is 0 Å². The molecule has 3 fully saturated rings. The van der Waals surface area contributed by atoms with Crippen LogP contribution in [0, 0.1) is 11.8 Å². The van der Waals surface area contributed by atoms with Crippen LogP contribution < -0.4 is 0 Å². The van der Waals surface area contributed by atoms with Gasteiger partial charge in [0.25, 0.3) is 0 Å². The van der Waals surface area contributed by atoms with E-state index in [2.05, 4.69) is 11.0 Å². The number of aromatic hydroxyl groups is 1.